The Labute approximate surface area is 226 Å². The molecule has 37 heavy (non-hydrogen) atoms. The van der Waals surface area contributed by atoms with Gasteiger partial charge in [-0.05, 0) is 49.1 Å². The van der Waals surface area contributed by atoms with E-state index in [4.69, 9.17) is 23.2 Å². The van der Waals surface area contributed by atoms with Gasteiger partial charge in [-0.2, -0.15) is 0 Å². The summed E-state index contributed by atoms with van der Waals surface area (Å²) in [4.78, 5) is 27.4. The van der Waals surface area contributed by atoms with E-state index in [2.05, 4.69) is 5.32 Å². The summed E-state index contributed by atoms with van der Waals surface area (Å²) in [6, 6.07) is 6.85. The highest BCUT2D eigenvalue weighted by molar-refractivity contribution is 7.92. The minimum absolute atomic E-state index is 0.0528. The second-order valence-electron chi connectivity index (χ2n) is 9.12. The van der Waals surface area contributed by atoms with Crippen molar-refractivity contribution < 1.29 is 26.8 Å². The first-order valence-electron chi connectivity index (χ1n) is 11.6. The van der Waals surface area contributed by atoms with Gasteiger partial charge in [-0.3, -0.25) is 13.9 Å². The lowest BCUT2D eigenvalue weighted by Gasteiger charge is -2.30. The zero-order valence-electron chi connectivity index (χ0n) is 21.1. The minimum atomic E-state index is -3.84. The van der Waals surface area contributed by atoms with Gasteiger partial charge < -0.3 is 10.2 Å². The van der Waals surface area contributed by atoms with Crippen molar-refractivity contribution in [3.05, 3.63) is 63.6 Å². The first-order chi connectivity index (χ1) is 17.2. The van der Waals surface area contributed by atoms with E-state index >= 15 is 0 Å². The molecule has 12 heteroatoms. The molecule has 2 aromatic carbocycles. The van der Waals surface area contributed by atoms with E-state index in [0.717, 1.165) is 28.8 Å². The average Bonchev–Trinajstić information content (AvgIpc) is 2.81. The van der Waals surface area contributed by atoms with Crippen LogP contribution in [0.2, 0.25) is 10.0 Å². The fourth-order valence-electron chi connectivity index (χ4n) is 3.51. The van der Waals surface area contributed by atoms with Gasteiger partial charge in [-0.1, -0.05) is 43.1 Å². The zero-order valence-corrected chi connectivity index (χ0v) is 23.4. The number of rotatable bonds is 12. The van der Waals surface area contributed by atoms with Crippen LogP contribution in [0.5, 0.6) is 0 Å². The zero-order chi connectivity index (χ0) is 27.9. The van der Waals surface area contributed by atoms with Crippen LogP contribution in [0.4, 0.5) is 14.5 Å². The Hall–Kier alpha value is -2.43. The quantitative estimate of drug-likeness (QED) is 0.384. The lowest BCUT2D eigenvalue weighted by molar-refractivity contribution is -0.140. The van der Waals surface area contributed by atoms with Gasteiger partial charge in [0.2, 0.25) is 21.8 Å². The van der Waals surface area contributed by atoms with Crippen molar-refractivity contribution in [3.63, 3.8) is 0 Å². The van der Waals surface area contributed by atoms with Crippen molar-refractivity contribution in [2.45, 2.75) is 46.2 Å². The van der Waals surface area contributed by atoms with Crippen molar-refractivity contribution in [1.29, 1.82) is 0 Å². The first-order valence-corrected chi connectivity index (χ1v) is 14.2. The van der Waals surface area contributed by atoms with Gasteiger partial charge in [0.05, 0.1) is 22.0 Å². The molecule has 1 atom stereocenters. The van der Waals surface area contributed by atoms with Crippen LogP contribution >= 0.6 is 23.2 Å². The Bertz CT molecular complexity index is 1230. The molecular formula is C25H31Cl2F2N3O4S. The molecule has 0 saturated carbocycles. The molecule has 2 aromatic rings. The Morgan fingerprint density at radius 3 is 2.24 bits per heavy atom. The van der Waals surface area contributed by atoms with E-state index in [1.54, 1.807) is 25.1 Å². The molecule has 0 unspecified atom stereocenters. The molecule has 204 valence electrons. The van der Waals surface area contributed by atoms with Gasteiger partial charge in [0.25, 0.3) is 0 Å². The molecule has 0 aliphatic rings. The fraction of sp³-hybridized carbons (Fsp3) is 0.440. The molecule has 0 saturated heterocycles. The predicted octanol–water partition coefficient (Wildman–Crippen LogP) is 5.01. The van der Waals surface area contributed by atoms with Crippen molar-refractivity contribution in [2.75, 3.05) is 23.7 Å². The first kappa shape index (κ1) is 30.8. The molecule has 0 heterocycles. The summed E-state index contributed by atoms with van der Waals surface area (Å²) in [6.45, 7) is 5.87. The second-order valence-corrected chi connectivity index (χ2v) is 11.8. The summed E-state index contributed by atoms with van der Waals surface area (Å²) in [5.74, 6) is -2.79. The number of hydrogen-bond acceptors (Lipinski definition) is 4. The number of carbonyl (C=O) groups is 2. The van der Waals surface area contributed by atoms with Crippen LogP contribution in [-0.2, 0) is 26.2 Å². The standard InChI is InChI=1S/C25H31Cl2F2N3O4S/c1-16(2)14-30-25(34)17(3)31(15-18-7-9-20(26)21(27)12-18)24(33)6-5-11-32(37(4,35)36)19-8-10-22(28)23(29)13-19/h7-10,12-13,16-17H,5-6,11,14-15H2,1-4H3,(H,30,34)/t17-/m0/s1. The number of carbonyl (C=O) groups excluding carboxylic acids is 2. The molecule has 7 nitrogen and oxygen atoms in total. The molecule has 0 fully saturated rings. The summed E-state index contributed by atoms with van der Waals surface area (Å²) < 4.78 is 52.5. The second kappa shape index (κ2) is 13.4. The van der Waals surface area contributed by atoms with Crippen LogP contribution in [0.25, 0.3) is 0 Å². The topological polar surface area (TPSA) is 86.8 Å². The van der Waals surface area contributed by atoms with E-state index in [1.807, 2.05) is 13.8 Å². The molecule has 0 spiro atoms. The Kier molecular flexibility index (Phi) is 11.1. The van der Waals surface area contributed by atoms with E-state index in [0.29, 0.717) is 22.2 Å². The lowest BCUT2D eigenvalue weighted by Crippen LogP contribution is -2.48. The maximum Gasteiger partial charge on any atom is 0.242 e. The molecule has 0 radical (unpaired) electrons. The van der Waals surface area contributed by atoms with Crippen molar-refractivity contribution in [2.24, 2.45) is 5.92 Å². The Morgan fingerprint density at radius 2 is 1.68 bits per heavy atom. The Morgan fingerprint density at radius 1 is 1.00 bits per heavy atom. The maximum absolute atomic E-state index is 13.7. The summed E-state index contributed by atoms with van der Waals surface area (Å²) in [5.41, 5.74) is 0.605. The molecule has 0 bridgehead atoms. The maximum atomic E-state index is 13.7. The predicted molar refractivity (Wildman–Crippen MR) is 142 cm³/mol. The highest BCUT2D eigenvalue weighted by Crippen LogP contribution is 2.25. The molecule has 2 amide bonds. The third-order valence-corrected chi connectivity index (χ3v) is 7.47. The summed E-state index contributed by atoms with van der Waals surface area (Å²) in [6.07, 6.45) is 0.912. The number of hydrogen-bond donors (Lipinski definition) is 1. The average molecular weight is 579 g/mol. The van der Waals surface area contributed by atoms with Crippen LogP contribution in [0.3, 0.4) is 0 Å². The van der Waals surface area contributed by atoms with E-state index < -0.39 is 33.6 Å². The third kappa shape index (κ3) is 9.12. The number of amides is 2. The number of halogens is 4. The van der Waals surface area contributed by atoms with Gasteiger partial charge in [0.15, 0.2) is 11.6 Å². The van der Waals surface area contributed by atoms with Gasteiger partial charge in [0.1, 0.15) is 6.04 Å². The van der Waals surface area contributed by atoms with Crippen LogP contribution in [0.1, 0.15) is 39.2 Å². The van der Waals surface area contributed by atoms with Crippen molar-refractivity contribution in [1.82, 2.24) is 10.2 Å². The highest BCUT2D eigenvalue weighted by atomic mass is 35.5. The van der Waals surface area contributed by atoms with E-state index in [9.17, 15) is 26.8 Å². The largest absolute Gasteiger partial charge is 0.354 e. The molecule has 0 aromatic heterocycles. The molecule has 1 N–H and O–H groups in total. The Balaban J connectivity index is 2.20. The smallest absolute Gasteiger partial charge is 0.242 e. The fourth-order valence-corrected chi connectivity index (χ4v) is 4.79. The monoisotopic (exact) mass is 577 g/mol. The van der Waals surface area contributed by atoms with Crippen LogP contribution in [0.15, 0.2) is 36.4 Å². The number of benzene rings is 2. The normalized spacial score (nSPS) is 12.4. The van der Waals surface area contributed by atoms with E-state index in [1.165, 1.54) is 4.90 Å². The molecule has 0 aliphatic carbocycles. The highest BCUT2D eigenvalue weighted by Gasteiger charge is 2.27. The summed E-state index contributed by atoms with van der Waals surface area (Å²) >= 11 is 12.1. The third-order valence-electron chi connectivity index (χ3n) is 5.53. The number of sulfonamides is 1. The van der Waals surface area contributed by atoms with Crippen molar-refractivity contribution in [3.8, 4) is 0 Å². The molecule has 0 aliphatic heterocycles. The van der Waals surface area contributed by atoms with Crippen LogP contribution < -0.4 is 9.62 Å². The van der Waals surface area contributed by atoms with Gasteiger partial charge in [0, 0.05) is 32.1 Å². The van der Waals surface area contributed by atoms with Gasteiger partial charge in [-0.25, -0.2) is 17.2 Å². The summed E-state index contributed by atoms with van der Waals surface area (Å²) in [5, 5.41) is 3.47. The minimum Gasteiger partial charge on any atom is -0.354 e. The lowest BCUT2D eigenvalue weighted by atomic mass is 10.1. The van der Waals surface area contributed by atoms with Gasteiger partial charge in [-0.15, -0.1) is 0 Å². The number of anilines is 1. The molecular weight excluding hydrogens is 547 g/mol. The summed E-state index contributed by atoms with van der Waals surface area (Å²) in [7, 11) is -3.84. The van der Waals surface area contributed by atoms with Gasteiger partial charge >= 0.3 is 0 Å². The van der Waals surface area contributed by atoms with Crippen molar-refractivity contribution >= 4 is 50.7 Å². The van der Waals surface area contributed by atoms with Crippen LogP contribution in [0, 0.1) is 17.6 Å². The molecule has 2 rings (SSSR count). The SMILES string of the molecule is CC(C)CNC(=O)[C@H](C)N(Cc1ccc(Cl)c(Cl)c1)C(=O)CCCN(c1ccc(F)c(F)c1)S(C)(=O)=O. The van der Waals surface area contributed by atoms with E-state index in [-0.39, 0.29) is 43.4 Å². The number of nitrogens with zero attached hydrogens (tertiary/aromatic N) is 2. The van der Waals surface area contributed by atoms with Crippen LogP contribution in [-0.4, -0.2) is 50.5 Å². The number of nitrogens with one attached hydrogen (secondary N) is 1.